The van der Waals surface area contributed by atoms with Gasteiger partial charge in [0.15, 0.2) is 0 Å². The monoisotopic (exact) mass is 497 g/mol. The predicted octanol–water partition coefficient (Wildman–Crippen LogP) is 6.96. The normalized spacial score (nSPS) is 16.3. The molecular weight excluding hydrogens is 458 g/mol. The number of hydrogen-bond donors (Lipinski definition) is 0. The Balaban J connectivity index is 1.39. The lowest BCUT2D eigenvalue weighted by atomic mass is 9.97. The molecule has 0 saturated heterocycles. The van der Waals surface area contributed by atoms with E-state index in [2.05, 4.69) is 61.0 Å². The van der Waals surface area contributed by atoms with Gasteiger partial charge in [-0.05, 0) is 56.0 Å². The van der Waals surface area contributed by atoms with Crippen LogP contribution in [0, 0.1) is 6.92 Å². The molecule has 2 amide bonds. The Morgan fingerprint density at radius 3 is 2.30 bits per heavy atom. The lowest BCUT2D eigenvalue weighted by Crippen LogP contribution is -2.47. The summed E-state index contributed by atoms with van der Waals surface area (Å²) >= 11 is 0. The highest BCUT2D eigenvalue weighted by Gasteiger charge is 2.39. The van der Waals surface area contributed by atoms with E-state index in [0.717, 1.165) is 48.3 Å². The van der Waals surface area contributed by atoms with Gasteiger partial charge in [-0.2, -0.15) is 0 Å². The molecule has 0 spiro atoms. The molecule has 1 saturated carbocycles. The number of benzene rings is 2. The number of carbonyl (C=O) groups excluding carboxylic acids is 2. The first kappa shape index (κ1) is 25.3. The first-order valence-corrected chi connectivity index (χ1v) is 14.0. The number of carbonyl (C=O) groups is 2. The van der Waals surface area contributed by atoms with Crippen LogP contribution in [0.5, 0.6) is 0 Å². The van der Waals surface area contributed by atoms with Crippen LogP contribution in [0.2, 0.25) is 0 Å². The minimum Gasteiger partial charge on any atom is -0.330 e. The van der Waals surface area contributed by atoms with Crippen LogP contribution in [0.3, 0.4) is 0 Å². The molecule has 37 heavy (non-hydrogen) atoms. The number of anilines is 1. The summed E-state index contributed by atoms with van der Waals surface area (Å²) in [5.74, 6) is 0.112. The molecule has 1 atom stereocenters. The van der Waals surface area contributed by atoms with Gasteiger partial charge in [-0.3, -0.25) is 14.5 Å². The lowest BCUT2D eigenvalue weighted by molar-refractivity contribution is -0.136. The van der Waals surface area contributed by atoms with Crippen molar-refractivity contribution < 1.29 is 9.59 Å². The summed E-state index contributed by atoms with van der Waals surface area (Å²) in [5.41, 5.74) is 5.21. The van der Waals surface area contributed by atoms with E-state index >= 15 is 0 Å². The quantitative estimate of drug-likeness (QED) is 0.269. The SMILES string of the molecule is CCCCCCCCC(=O)N(CC(=O)N1c2ccccc2-n2cccc2C1c1ccc(C)cc1)C1CC1. The summed E-state index contributed by atoms with van der Waals surface area (Å²) in [4.78, 5) is 31.2. The summed E-state index contributed by atoms with van der Waals surface area (Å²) < 4.78 is 2.19. The Labute approximate surface area is 221 Å². The van der Waals surface area contributed by atoms with Crippen LogP contribution in [-0.2, 0) is 9.59 Å². The van der Waals surface area contributed by atoms with E-state index in [9.17, 15) is 9.59 Å². The highest BCUT2D eigenvalue weighted by atomic mass is 16.2. The largest absolute Gasteiger partial charge is 0.330 e. The summed E-state index contributed by atoms with van der Waals surface area (Å²) in [6.45, 7) is 4.43. The Hall–Kier alpha value is -3.34. The van der Waals surface area contributed by atoms with Crippen LogP contribution in [0.15, 0.2) is 66.9 Å². The Morgan fingerprint density at radius 1 is 0.865 bits per heavy atom. The van der Waals surface area contributed by atoms with Gasteiger partial charge in [0.1, 0.15) is 12.6 Å². The van der Waals surface area contributed by atoms with E-state index in [-0.39, 0.29) is 30.4 Å². The van der Waals surface area contributed by atoms with Crippen LogP contribution < -0.4 is 4.90 Å². The molecule has 1 aliphatic carbocycles. The number of aryl methyl sites for hydroxylation is 1. The van der Waals surface area contributed by atoms with Gasteiger partial charge in [-0.25, -0.2) is 0 Å². The summed E-state index contributed by atoms with van der Waals surface area (Å²) in [6, 6.07) is 20.6. The van der Waals surface area contributed by atoms with Gasteiger partial charge >= 0.3 is 0 Å². The second kappa shape index (κ2) is 11.4. The molecule has 5 heteroatoms. The van der Waals surface area contributed by atoms with E-state index < -0.39 is 0 Å². The van der Waals surface area contributed by atoms with Crippen LogP contribution in [-0.4, -0.2) is 33.9 Å². The topological polar surface area (TPSA) is 45.6 Å². The number of para-hydroxylation sites is 2. The van der Waals surface area contributed by atoms with Crippen molar-refractivity contribution in [3.05, 3.63) is 83.7 Å². The van der Waals surface area contributed by atoms with Crippen molar-refractivity contribution >= 4 is 17.5 Å². The zero-order chi connectivity index (χ0) is 25.8. The first-order chi connectivity index (χ1) is 18.1. The number of nitrogens with zero attached hydrogens (tertiary/aromatic N) is 3. The van der Waals surface area contributed by atoms with Crippen LogP contribution in [0.1, 0.15) is 87.6 Å². The molecule has 2 aliphatic rings. The van der Waals surface area contributed by atoms with E-state index in [1.807, 2.05) is 34.1 Å². The summed E-state index contributed by atoms with van der Waals surface area (Å²) in [6.07, 6.45) is 11.5. The van der Waals surface area contributed by atoms with Crippen molar-refractivity contribution in [2.24, 2.45) is 0 Å². The van der Waals surface area contributed by atoms with Gasteiger partial charge in [0.2, 0.25) is 11.8 Å². The Kier molecular flexibility index (Phi) is 7.78. The summed E-state index contributed by atoms with van der Waals surface area (Å²) in [7, 11) is 0. The fourth-order valence-corrected chi connectivity index (χ4v) is 5.56. The maximum atomic E-state index is 14.2. The molecule has 5 rings (SSSR count). The number of aromatic nitrogens is 1. The van der Waals surface area contributed by atoms with Gasteiger partial charge in [0.05, 0.1) is 17.1 Å². The van der Waals surface area contributed by atoms with Crippen molar-refractivity contribution in [1.29, 1.82) is 0 Å². The minimum atomic E-state index is -0.243. The molecule has 1 aromatic heterocycles. The highest BCUT2D eigenvalue weighted by Crippen LogP contribution is 2.42. The van der Waals surface area contributed by atoms with Gasteiger partial charge in [-0.15, -0.1) is 0 Å². The molecule has 2 aromatic carbocycles. The van der Waals surface area contributed by atoms with Crippen molar-refractivity contribution in [3.63, 3.8) is 0 Å². The Bertz CT molecular complexity index is 1220. The van der Waals surface area contributed by atoms with Gasteiger partial charge in [-0.1, -0.05) is 81.0 Å². The number of rotatable bonds is 11. The first-order valence-electron chi connectivity index (χ1n) is 14.0. The molecule has 2 heterocycles. The third-order valence-corrected chi connectivity index (χ3v) is 7.74. The van der Waals surface area contributed by atoms with E-state index in [1.54, 1.807) is 0 Å². The second-order valence-electron chi connectivity index (χ2n) is 10.6. The fraction of sp³-hybridized carbons (Fsp3) is 0.438. The third-order valence-electron chi connectivity index (χ3n) is 7.74. The van der Waals surface area contributed by atoms with E-state index in [4.69, 9.17) is 0 Å². The molecule has 3 aromatic rings. The van der Waals surface area contributed by atoms with Gasteiger partial charge in [0.25, 0.3) is 0 Å². The molecule has 1 unspecified atom stereocenters. The molecule has 0 radical (unpaired) electrons. The maximum Gasteiger partial charge on any atom is 0.247 e. The average Bonchev–Trinajstić information content (AvgIpc) is 3.63. The smallest absolute Gasteiger partial charge is 0.247 e. The van der Waals surface area contributed by atoms with Crippen molar-refractivity contribution in [1.82, 2.24) is 9.47 Å². The molecular formula is C32H39N3O2. The number of fused-ring (bicyclic) bond motifs is 3. The number of amides is 2. The van der Waals surface area contributed by atoms with Crippen molar-refractivity contribution in [2.75, 3.05) is 11.4 Å². The van der Waals surface area contributed by atoms with Crippen molar-refractivity contribution in [3.8, 4) is 5.69 Å². The average molecular weight is 498 g/mol. The molecule has 5 nitrogen and oxygen atoms in total. The van der Waals surface area contributed by atoms with Crippen LogP contribution in [0.25, 0.3) is 5.69 Å². The molecule has 0 N–H and O–H groups in total. The van der Waals surface area contributed by atoms with Crippen LogP contribution >= 0.6 is 0 Å². The summed E-state index contributed by atoms with van der Waals surface area (Å²) in [5, 5.41) is 0. The fourth-order valence-electron chi connectivity index (χ4n) is 5.56. The number of hydrogen-bond acceptors (Lipinski definition) is 2. The molecule has 1 aliphatic heterocycles. The molecule has 1 fully saturated rings. The molecule has 0 bridgehead atoms. The maximum absolute atomic E-state index is 14.2. The lowest BCUT2D eigenvalue weighted by Gasteiger charge is -2.39. The minimum absolute atomic E-state index is 0.0197. The standard InChI is InChI=1S/C32H39N3O2/c1-3-4-5-6-7-8-15-30(36)34(26-20-21-26)23-31(37)35-28-13-10-9-12-27(28)33-22-11-14-29(33)32(35)25-18-16-24(2)17-19-25/h9-14,16-19,22,26,32H,3-8,15,20-21,23H2,1-2H3. The zero-order valence-corrected chi connectivity index (χ0v) is 22.2. The van der Waals surface area contributed by atoms with E-state index in [1.165, 1.54) is 31.2 Å². The van der Waals surface area contributed by atoms with Crippen molar-refractivity contribution in [2.45, 2.75) is 83.7 Å². The second-order valence-corrected chi connectivity index (χ2v) is 10.6. The predicted molar refractivity (Wildman–Crippen MR) is 149 cm³/mol. The molecule has 194 valence electrons. The van der Waals surface area contributed by atoms with Gasteiger partial charge in [0, 0.05) is 18.7 Å². The van der Waals surface area contributed by atoms with Gasteiger partial charge < -0.3 is 9.47 Å². The zero-order valence-electron chi connectivity index (χ0n) is 22.2. The highest BCUT2D eigenvalue weighted by molar-refractivity contribution is 6.00. The van der Waals surface area contributed by atoms with Crippen LogP contribution in [0.4, 0.5) is 5.69 Å². The Morgan fingerprint density at radius 2 is 1.57 bits per heavy atom. The third kappa shape index (κ3) is 5.51. The number of unbranched alkanes of at least 4 members (excludes halogenated alkanes) is 5. The van der Waals surface area contributed by atoms with E-state index in [0.29, 0.717) is 6.42 Å².